The molecule has 1 aromatic rings. The van der Waals surface area contributed by atoms with Crippen molar-refractivity contribution in [2.75, 3.05) is 7.11 Å². The van der Waals surface area contributed by atoms with Crippen LogP contribution in [0.2, 0.25) is 5.02 Å². The Morgan fingerprint density at radius 1 is 1.30 bits per heavy atom. The lowest BCUT2D eigenvalue weighted by Gasteiger charge is -2.27. The summed E-state index contributed by atoms with van der Waals surface area (Å²) in [4.78, 5) is 0. The monoisotopic (exact) mass is 361 g/mol. The van der Waals surface area contributed by atoms with Gasteiger partial charge in [0.05, 0.1) is 23.8 Å². The van der Waals surface area contributed by atoms with Crippen LogP contribution in [0, 0.1) is 11.8 Å². The molecule has 1 aliphatic heterocycles. The molecule has 0 aromatic heterocycles. The molecule has 1 aliphatic rings. The van der Waals surface area contributed by atoms with E-state index in [9.17, 15) is 0 Å². The largest absolute Gasteiger partial charge is 0.495 e. The van der Waals surface area contributed by atoms with Gasteiger partial charge in [0, 0.05) is 22.5 Å². The molecule has 3 nitrogen and oxygen atoms in total. The van der Waals surface area contributed by atoms with Crippen molar-refractivity contribution in [2.45, 2.75) is 39.0 Å². The fourth-order valence-corrected chi connectivity index (χ4v) is 4.16. The minimum absolute atomic E-state index is 0.123. The third-order valence-corrected chi connectivity index (χ3v) is 5.14. The van der Waals surface area contributed by atoms with E-state index < -0.39 is 0 Å². The molecule has 1 fully saturated rings. The van der Waals surface area contributed by atoms with E-state index in [0.717, 1.165) is 15.8 Å². The number of ether oxygens (including phenoxy) is 2. The van der Waals surface area contributed by atoms with Gasteiger partial charge in [-0.05, 0) is 47.8 Å². The molecule has 0 radical (unpaired) electrons. The molecule has 0 aliphatic carbocycles. The standard InChI is InChI=1S/C15H21BrClNO2/c1-7-8(2)20-9(3)13(7)14(18)11-5-10(17)6-12(16)15(11)19-4/h5-9,13-14H,18H2,1-4H3. The molecule has 5 heteroatoms. The van der Waals surface area contributed by atoms with Crippen molar-refractivity contribution in [1.29, 1.82) is 0 Å². The third kappa shape index (κ3) is 2.84. The molecule has 5 unspecified atom stereocenters. The summed E-state index contributed by atoms with van der Waals surface area (Å²) in [5.74, 6) is 1.38. The molecule has 1 aromatic carbocycles. The summed E-state index contributed by atoms with van der Waals surface area (Å²) in [5, 5.41) is 0.649. The van der Waals surface area contributed by atoms with Crippen molar-refractivity contribution in [3.05, 3.63) is 27.2 Å². The van der Waals surface area contributed by atoms with Gasteiger partial charge in [-0.3, -0.25) is 0 Å². The van der Waals surface area contributed by atoms with Crippen LogP contribution in [-0.2, 0) is 4.74 Å². The minimum atomic E-state index is -0.171. The van der Waals surface area contributed by atoms with E-state index in [-0.39, 0.29) is 24.2 Å². The summed E-state index contributed by atoms with van der Waals surface area (Å²) in [6.07, 6.45) is 0.340. The molecule has 0 amide bonds. The Hall–Kier alpha value is -0.290. The van der Waals surface area contributed by atoms with Crippen molar-refractivity contribution in [3.63, 3.8) is 0 Å². The molecule has 2 N–H and O–H groups in total. The van der Waals surface area contributed by atoms with Gasteiger partial charge in [0.1, 0.15) is 5.75 Å². The molecule has 5 atom stereocenters. The number of halogens is 2. The smallest absolute Gasteiger partial charge is 0.137 e. The van der Waals surface area contributed by atoms with Crippen LogP contribution in [0.1, 0.15) is 32.4 Å². The molecule has 1 saturated heterocycles. The van der Waals surface area contributed by atoms with Crippen LogP contribution >= 0.6 is 27.5 Å². The summed E-state index contributed by atoms with van der Waals surface area (Å²) in [6, 6.07) is 3.53. The first-order valence-electron chi connectivity index (χ1n) is 6.80. The van der Waals surface area contributed by atoms with Crippen molar-refractivity contribution in [3.8, 4) is 5.75 Å². The maximum Gasteiger partial charge on any atom is 0.137 e. The molecular weight excluding hydrogens is 342 g/mol. The number of rotatable bonds is 3. The predicted octanol–water partition coefficient (Wildman–Crippen LogP) is 4.17. The Labute approximate surface area is 133 Å². The SMILES string of the molecule is COc1c(Br)cc(Cl)cc1C(N)C1C(C)OC(C)C1C. The highest BCUT2D eigenvalue weighted by Crippen LogP contribution is 2.44. The Morgan fingerprint density at radius 3 is 2.45 bits per heavy atom. The zero-order valence-electron chi connectivity index (χ0n) is 12.2. The highest BCUT2D eigenvalue weighted by molar-refractivity contribution is 9.10. The second kappa shape index (κ2) is 6.22. The topological polar surface area (TPSA) is 44.5 Å². The lowest BCUT2D eigenvalue weighted by molar-refractivity contribution is 0.0489. The maximum absolute atomic E-state index is 6.52. The van der Waals surface area contributed by atoms with Gasteiger partial charge in [-0.15, -0.1) is 0 Å². The maximum atomic E-state index is 6.52. The molecule has 0 spiro atoms. The van der Waals surface area contributed by atoms with Crippen LogP contribution in [0.15, 0.2) is 16.6 Å². The van der Waals surface area contributed by atoms with Crippen molar-refractivity contribution >= 4 is 27.5 Å². The van der Waals surface area contributed by atoms with E-state index in [1.165, 1.54) is 0 Å². The first kappa shape index (κ1) is 16.1. The van der Waals surface area contributed by atoms with Crippen molar-refractivity contribution in [1.82, 2.24) is 0 Å². The van der Waals surface area contributed by atoms with Crippen molar-refractivity contribution in [2.24, 2.45) is 17.6 Å². The van der Waals surface area contributed by atoms with E-state index in [4.69, 9.17) is 26.8 Å². The van der Waals surface area contributed by atoms with E-state index in [0.29, 0.717) is 10.9 Å². The minimum Gasteiger partial charge on any atom is -0.495 e. The van der Waals surface area contributed by atoms with Gasteiger partial charge in [-0.25, -0.2) is 0 Å². The Kier molecular flexibility index (Phi) is 5.00. The first-order chi connectivity index (χ1) is 9.36. The van der Waals surface area contributed by atoms with Gasteiger partial charge < -0.3 is 15.2 Å². The van der Waals surface area contributed by atoms with Gasteiger partial charge in [0.2, 0.25) is 0 Å². The van der Waals surface area contributed by atoms with Crippen LogP contribution in [-0.4, -0.2) is 19.3 Å². The third-order valence-electron chi connectivity index (χ3n) is 4.33. The second-order valence-corrected chi connectivity index (χ2v) is 6.81. The molecule has 2 rings (SSSR count). The molecule has 20 heavy (non-hydrogen) atoms. The van der Waals surface area contributed by atoms with Gasteiger partial charge in [0.15, 0.2) is 0 Å². The lowest BCUT2D eigenvalue weighted by Crippen LogP contribution is -2.31. The Morgan fingerprint density at radius 2 is 1.95 bits per heavy atom. The zero-order valence-corrected chi connectivity index (χ0v) is 14.5. The number of benzene rings is 1. The fourth-order valence-electron chi connectivity index (χ4n) is 3.16. The van der Waals surface area contributed by atoms with Gasteiger partial charge >= 0.3 is 0 Å². The highest BCUT2D eigenvalue weighted by Gasteiger charge is 2.41. The van der Waals surface area contributed by atoms with Crippen LogP contribution in [0.25, 0.3) is 0 Å². The van der Waals surface area contributed by atoms with Gasteiger partial charge in [0.25, 0.3) is 0 Å². The number of methoxy groups -OCH3 is 1. The average Bonchev–Trinajstić information content (AvgIpc) is 2.61. The molecule has 0 saturated carbocycles. The summed E-state index contributed by atoms with van der Waals surface area (Å²) < 4.78 is 12.2. The van der Waals surface area contributed by atoms with Crippen LogP contribution in [0.5, 0.6) is 5.75 Å². The van der Waals surface area contributed by atoms with E-state index >= 15 is 0 Å². The predicted molar refractivity (Wildman–Crippen MR) is 85.3 cm³/mol. The molecule has 1 heterocycles. The Balaban J connectivity index is 2.41. The van der Waals surface area contributed by atoms with Crippen LogP contribution in [0.4, 0.5) is 0 Å². The number of nitrogens with two attached hydrogens (primary N) is 1. The molecular formula is C15H21BrClNO2. The van der Waals surface area contributed by atoms with E-state index in [1.807, 2.05) is 12.1 Å². The first-order valence-corrected chi connectivity index (χ1v) is 7.97. The summed E-state index contributed by atoms with van der Waals surface area (Å²) in [7, 11) is 1.64. The van der Waals surface area contributed by atoms with Crippen LogP contribution in [0.3, 0.4) is 0 Å². The normalized spacial score (nSPS) is 31.4. The summed E-state index contributed by atoms with van der Waals surface area (Å²) in [5.41, 5.74) is 7.44. The van der Waals surface area contributed by atoms with E-state index in [1.54, 1.807) is 7.11 Å². The molecule has 112 valence electrons. The zero-order chi connectivity index (χ0) is 15.0. The van der Waals surface area contributed by atoms with E-state index in [2.05, 4.69) is 36.7 Å². The van der Waals surface area contributed by atoms with Gasteiger partial charge in [-0.1, -0.05) is 18.5 Å². The highest BCUT2D eigenvalue weighted by atomic mass is 79.9. The van der Waals surface area contributed by atoms with Crippen LogP contribution < -0.4 is 10.5 Å². The second-order valence-electron chi connectivity index (χ2n) is 5.52. The number of hydrogen-bond donors (Lipinski definition) is 1. The lowest BCUT2D eigenvalue weighted by atomic mass is 9.81. The Bertz CT molecular complexity index is 497. The van der Waals surface area contributed by atoms with Crippen molar-refractivity contribution < 1.29 is 9.47 Å². The molecule has 0 bridgehead atoms. The quantitative estimate of drug-likeness (QED) is 0.877. The fraction of sp³-hybridized carbons (Fsp3) is 0.600. The average molecular weight is 363 g/mol. The number of hydrogen-bond acceptors (Lipinski definition) is 3. The summed E-state index contributed by atoms with van der Waals surface area (Å²) in [6.45, 7) is 6.36. The summed E-state index contributed by atoms with van der Waals surface area (Å²) >= 11 is 9.64. The van der Waals surface area contributed by atoms with Gasteiger partial charge in [-0.2, -0.15) is 0 Å².